The van der Waals surface area contributed by atoms with Crippen molar-refractivity contribution in [2.75, 3.05) is 25.5 Å². The highest BCUT2D eigenvalue weighted by molar-refractivity contribution is 6.04. The molecule has 2 N–H and O–H groups in total. The summed E-state index contributed by atoms with van der Waals surface area (Å²) in [6, 6.07) is 14.4. The van der Waals surface area contributed by atoms with Crippen molar-refractivity contribution in [2.45, 2.75) is 24.9 Å². The second-order valence-corrected chi connectivity index (χ2v) is 8.72. The fraction of sp³-hybridized carbons (Fsp3) is 0.269. The van der Waals surface area contributed by atoms with Gasteiger partial charge < -0.3 is 20.3 Å². The Morgan fingerprint density at radius 1 is 1.16 bits per heavy atom. The van der Waals surface area contributed by atoms with Gasteiger partial charge in [-0.15, -0.1) is 0 Å². The lowest BCUT2D eigenvalue weighted by Gasteiger charge is -2.19. The molecule has 4 rings (SSSR count). The second kappa shape index (κ2) is 11.1. The summed E-state index contributed by atoms with van der Waals surface area (Å²) in [6.45, 7) is -1.11. The summed E-state index contributed by atoms with van der Waals surface area (Å²) < 4.78 is 33.8. The normalized spacial score (nSPS) is 15.9. The number of amides is 3. The van der Waals surface area contributed by atoms with Crippen molar-refractivity contribution in [3.63, 3.8) is 0 Å². The quantitative estimate of drug-likeness (QED) is 0.468. The van der Waals surface area contributed by atoms with Gasteiger partial charge in [0, 0.05) is 29.9 Å². The summed E-state index contributed by atoms with van der Waals surface area (Å²) >= 11 is 0. The maximum absolute atomic E-state index is 13.6. The van der Waals surface area contributed by atoms with Crippen LogP contribution in [0.1, 0.15) is 32.7 Å². The summed E-state index contributed by atoms with van der Waals surface area (Å²) in [5, 5.41) is 18.4. The van der Waals surface area contributed by atoms with Crippen LogP contribution in [0.5, 0.6) is 5.75 Å². The van der Waals surface area contributed by atoms with E-state index in [-0.39, 0.29) is 18.0 Å². The van der Waals surface area contributed by atoms with Crippen LogP contribution in [0.4, 0.5) is 14.5 Å². The third-order valence-corrected chi connectivity index (χ3v) is 5.90. The van der Waals surface area contributed by atoms with Crippen molar-refractivity contribution in [3.8, 4) is 11.8 Å². The van der Waals surface area contributed by atoms with Gasteiger partial charge in [-0.05, 0) is 29.8 Å². The van der Waals surface area contributed by atoms with Gasteiger partial charge in [-0.1, -0.05) is 18.2 Å². The number of hydrogen-bond donors (Lipinski definition) is 2. The van der Waals surface area contributed by atoms with Crippen molar-refractivity contribution in [3.05, 3.63) is 77.6 Å². The van der Waals surface area contributed by atoms with E-state index in [0.717, 1.165) is 10.5 Å². The highest BCUT2D eigenvalue weighted by atomic mass is 19.3. The van der Waals surface area contributed by atoms with Gasteiger partial charge in [-0.25, -0.2) is 8.78 Å². The number of ether oxygens (including phenoxy) is 1. The van der Waals surface area contributed by atoms with E-state index in [0.29, 0.717) is 17.0 Å². The lowest BCUT2D eigenvalue weighted by molar-refractivity contribution is -0.131. The van der Waals surface area contributed by atoms with Crippen LogP contribution >= 0.6 is 0 Å². The van der Waals surface area contributed by atoms with E-state index in [2.05, 4.69) is 15.7 Å². The van der Waals surface area contributed by atoms with E-state index in [1.165, 1.54) is 24.2 Å². The first-order valence-electron chi connectivity index (χ1n) is 11.6. The van der Waals surface area contributed by atoms with Crippen LogP contribution in [0.3, 0.4) is 0 Å². The molecule has 1 aliphatic rings. The average Bonchev–Trinajstić information content (AvgIpc) is 3.50. The number of carbonyl (C=O) groups is 3. The zero-order valence-corrected chi connectivity index (χ0v) is 20.4. The molecule has 12 heteroatoms. The van der Waals surface area contributed by atoms with Crippen molar-refractivity contribution >= 4 is 23.4 Å². The van der Waals surface area contributed by atoms with Gasteiger partial charge in [0.15, 0.2) is 0 Å². The first-order valence-corrected chi connectivity index (χ1v) is 11.6. The number of nitrogens with zero attached hydrogens (tertiary/aromatic N) is 4. The molecular formula is C26H24F2N6O4. The number of alkyl halides is 2. The van der Waals surface area contributed by atoms with E-state index in [1.54, 1.807) is 54.6 Å². The first-order chi connectivity index (χ1) is 18.2. The second-order valence-electron chi connectivity index (χ2n) is 8.72. The van der Waals surface area contributed by atoms with Gasteiger partial charge in [-0.3, -0.25) is 19.1 Å². The molecule has 196 valence electrons. The monoisotopic (exact) mass is 522 g/mol. The van der Waals surface area contributed by atoms with Crippen molar-refractivity contribution in [1.82, 2.24) is 20.0 Å². The molecule has 1 saturated heterocycles. The number of aromatic nitrogens is 2. The van der Waals surface area contributed by atoms with Gasteiger partial charge in [0.1, 0.15) is 11.8 Å². The highest BCUT2D eigenvalue weighted by Gasteiger charge is 2.47. The number of likely N-dealkylation sites (tertiary alicyclic amines) is 1. The fourth-order valence-corrected chi connectivity index (χ4v) is 4.02. The summed E-state index contributed by atoms with van der Waals surface area (Å²) in [4.78, 5) is 38.2. The SMILES string of the molecule is COc1cccc(NC(=O)c2cccc(Cn3cc(C(=O)NCC(=O)N4CC(F)(F)C[C@H]4C#N)cn3)c2)c1. The Bertz CT molecular complexity index is 1400. The smallest absolute Gasteiger partial charge is 0.268 e. The minimum Gasteiger partial charge on any atom is -0.497 e. The number of nitrogens with one attached hydrogen (secondary N) is 2. The molecule has 3 aromatic rings. The number of anilines is 1. The maximum atomic E-state index is 13.6. The molecule has 1 aromatic heterocycles. The van der Waals surface area contributed by atoms with Gasteiger partial charge in [0.2, 0.25) is 5.91 Å². The predicted molar refractivity (Wildman–Crippen MR) is 132 cm³/mol. The molecule has 0 spiro atoms. The molecule has 3 amide bonds. The Kier molecular flexibility index (Phi) is 7.66. The van der Waals surface area contributed by atoms with Crippen LogP contribution in [0.25, 0.3) is 0 Å². The van der Waals surface area contributed by atoms with E-state index in [4.69, 9.17) is 10.00 Å². The molecule has 0 aliphatic carbocycles. The Morgan fingerprint density at radius 3 is 2.71 bits per heavy atom. The summed E-state index contributed by atoms with van der Waals surface area (Å²) in [5.41, 5.74) is 1.93. The third-order valence-electron chi connectivity index (χ3n) is 5.90. The van der Waals surface area contributed by atoms with Gasteiger partial charge in [0.05, 0.1) is 44.6 Å². The van der Waals surface area contributed by atoms with Crippen LogP contribution in [0, 0.1) is 11.3 Å². The summed E-state index contributed by atoms with van der Waals surface area (Å²) in [7, 11) is 1.54. The molecule has 38 heavy (non-hydrogen) atoms. The van der Waals surface area contributed by atoms with Gasteiger partial charge in [-0.2, -0.15) is 10.4 Å². The lowest BCUT2D eigenvalue weighted by Crippen LogP contribution is -2.42. The van der Waals surface area contributed by atoms with Crippen LogP contribution in [0.15, 0.2) is 60.9 Å². The average molecular weight is 523 g/mol. The molecule has 1 aliphatic heterocycles. The molecule has 2 heterocycles. The van der Waals surface area contributed by atoms with Crippen molar-refractivity contribution in [1.29, 1.82) is 5.26 Å². The van der Waals surface area contributed by atoms with E-state index >= 15 is 0 Å². The topological polar surface area (TPSA) is 129 Å². The molecule has 0 bridgehead atoms. The van der Waals surface area contributed by atoms with Crippen LogP contribution < -0.4 is 15.4 Å². The Balaban J connectivity index is 1.33. The molecule has 0 radical (unpaired) electrons. The van der Waals surface area contributed by atoms with E-state index in [9.17, 15) is 23.2 Å². The van der Waals surface area contributed by atoms with E-state index < -0.39 is 43.3 Å². The van der Waals surface area contributed by atoms with Crippen molar-refractivity contribution < 1.29 is 27.9 Å². The standard InChI is InChI=1S/C26H24F2N6O4/c1-38-22-7-3-6-20(9-22)32-25(37)18-5-2-4-17(8-18)14-33-15-19(12-31-33)24(36)30-13-23(35)34-16-26(27,28)10-21(34)11-29/h2-9,12,15,21H,10,13-14,16H2,1H3,(H,30,36)(H,32,37)/t21-/m0/s1. The third kappa shape index (κ3) is 6.31. The molecule has 0 unspecified atom stereocenters. The number of nitriles is 1. The fourth-order valence-electron chi connectivity index (χ4n) is 4.02. The lowest BCUT2D eigenvalue weighted by atomic mass is 10.1. The number of rotatable bonds is 8. The largest absolute Gasteiger partial charge is 0.497 e. The van der Waals surface area contributed by atoms with Crippen molar-refractivity contribution in [2.24, 2.45) is 0 Å². The molecule has 0 saturated carbocycles. The minimum absolute atomic E-state index is 0.160. The van der Waals surface area contributed by atoms with Gasteiger partial charge in [0.25, 0.3) is 17.7 Å². The number of benzene rings is 2. The van der Waals surface area contributed by atoms with E-state index in [1.807, 2.05) is 0 Å². The summed E-state index contributed by atoms with van der Waals surface area (Å²) in [6.07, 6.45) is 2.05. The van der Waals surface area contributed by atoms with Crippen LogP contribution in [-0.2, 0) is 11.3 Å². The predicted octanol–water partition coefficient (Wildman–Crippen LogP) is 2.68. The maximum Gasteiger partial charge on any atom is 0.268 e. The minimum atomic E-state index is -3.13. The number of halogens is 2. The summed E-state index contributed by atoms with van der Waals surface area (Å²) in [5.74, 6) is -4.20. The molecule has 1 fully saturated rings. The zero-order chi connectivity index (χ0) is 27.3. The number of carbonyl (C=O) groups excluding carboxylic acids is 3. The number of hydrogen-bond acceptors (Lipinski definition) is 6. The number of methoxy groups -OCH3 is 1. The van der Waals surface area contributed by atoms with Crippen LogP contribution in [0.2, 0.25) is 0 Å². The molecular weight excluding hydrogens is 498 g/mol. The molecule has 10 nitrogen and oxygen atoms in total. The van der Waals surface area contributed by atoms with Crippen LogP contribution in [-0.4, -0.2) is 64.6 Å². The zero-order valence-electron chi connectivity index (χ0n) is 20.4. The first kappa shape index (κ1) is 26.3. The Morgan fingerprint density at radius 2 is 1.95 bits per heavy atom. The molecule has 1 atom stereocenters. The van der Waals surface area contributed by atoms with Gasteiger partial charge >= 0.3 is 0 Å². The Labute approximate surface area is 216 Å². The molecule has 2 aromatic carbocycles. The highest BCUT2D eigenvalue weighted by Crippen LogP contribution is 2.31. The Hall–Kier alpha value is -4.79.